The smallest absolute Gasteiger partial charge is 0.232 e. The van der Waals surface area contributed by atoms with Crippen molar-refractivity contribution in [3.05, 3.63) is 35.4 Å². The van der Waals surface area contributed by atoms with Gasteiger partial charge in [-0.05, 0) is 25.0 Å². The van der Waals surface area contributed by atoms with Crippen LogP contribution >= 0.6 is 11.8 Å². The number of amides is 1. The van der Waals surface area contributed by atoms with Gasteiger partial charge in [0.2, 0.25) is 5.91 Å². The minimum absolute atomic E-state index is 0.0439. The lowest BCUT2D eigenvalue weighted by Crippen LogP contribution is -2.44. The monoisotopic (exact) mass is 359 g/mol. The normalized spacial score (nSPS) is 18.0. The first-order valence-corrected chi connectivity index (χ1v) is 10.5. The van der Waals surface area contributed by atoms with Crippen LogP contribution in [0.2, 0.25) is 0 Å². The van der Waals surface area contributed by atoms with Crippen LogP contribution in [0.15, 0.2) is 24.3 Å². The molecule has 0 atom stereocenters. The molecule has 0 saturated carbocycles. The van der Waals surface area contributed by atoms with Crippen LogP contribution in [0.5, 0.6) is 0 Å². The number of alkyl halides is 1. The highest BCUT2D eigenvalue weighted by molar-refractivity contribution is 7.99. The Bertz CT molecular complexity index is 654. The maximum Gasteiger partial charge on any atom is 0.232 e. The van der Waals surface area contributed by atoms with Gasteiger partial charge in [-0.25, -0.2) is 12.8 Å². The molecule has 1 saturated heterocycles. The summed E-state index contributed by atoms with van der Waals surface area (Å²) in [6.07, 6.45) is 0. The van der Waals surface area contributed by atoms with Crippen LogP contribution in [-0.2, 0) is 26.1 Å². The summed E-state index contributed by atoms with van der Waals surface area (Å²) in [4.78, 5) is 13.7. The summed E-state index contributed by atoms with van der Waals surface area (Å²) in [7, 11) is -2.98. The van der Waals surface area contributed by atoms with Gasteiger partial charge in [-0.1, -0.05) is 24.3 Å². The zero-order chi connectivity index (χ0) is 17.1. The first-order chi connectivity index (χ1) is 10.7. The molecule has 0 N–H and O–H groups in total. The van der Waals surface area contributed by atoms with Gasteiger partial charge in [0.25, 0.3) is 0 Å². The number of carbonyl (C=O) groups excluding carboxylic acids is 1. The Morgan fingerprint density at radius 1 is 1.26 bits per heavy atom. The van der Waals surface area contributed by atoms with E-state index in [1.54, 1.807) is 11.0 Å². The molecular formula is C16H22FNO3S2. The SMILES string of the molecule is CC(C)(F)c1ccccc1CSCC(=O)N1CCS(=O)(=O)CC1. The standard InChI is InChI=1S/C16H22FNO3S2/c1-16(2,17)14-6-4-3-5-13(14)11-22-12-15(19)18-7-9-23(20,21)10-8-18/h3-6H,7-12H2,1-2H3. The Morgan fingerprint density at radius 3 is 2.48 bits per heavy atom. The number of carbonyl (C=O) groups is 1. The van der Waals surface area contributed by atoms with Gasteiger partial charge in [-0.15, -0.1) is 11.8 Å². The molecule has 0 radical (unpaired) electrons. The minimum Gasteiger partial charge on any atom is -0.340 e. The maximum atomic E-state index is 14.2. The van der Waals surface area contributed by atoms with Crippen LogP contribution in [-0.4, -0.2) is 49.6 Å². The average molecular weight is 359 g/mol. The molecule has 128 valence electrons. The molecule has 0 spiro atoms. The van der Waals surface area contributed by atoms with Gasteiger partial charge in [0.1, 0.15) is 5.67 Å². The Labute approximate surface area is 141 Å². The van der Waals surface area contributed by atoms with Crippen LogP contribution in [0, 0.1) is 0 Å². The molecule has 2 rings (SSSR count). The number of hydrogen-bond donors (Lipinski definition) is 0. The predicted molar refractivity (Wildman–Crippen MR) is 92.0 cm³/mol. The van der Waals surface area contributed by atoms with Crippen molar-refractivity contribution < 1.29 is 17.6 Å². The molecule has 4 nitrogen and oxygen atoms in total. The van der Waals surface area contributed by atoms with E-state index >= 15 is 0 Å². The van der Waals surface area contributed by atoms with E-state index in [-0.39, 0.29) is 36.3 Å². The van der Waals surface area contributed by atoms with Gasteiger partial charge in [-0.3, -0.25) is 4.79 Å². The molecule has 0 aliphatic carbocycles. The number of halogens is 1. The first-order valence-electron chi connectivity index (χ1n) is 7.52. The van der Waals surface area contributed by atoms with E-state index in [1.165, 1.54) is 25.6 Å². The Kier molecular flexibility index (Phi) is 5.73. The molecule has 0 unspecified atom stereocenters. The second kappa shape index (κ2) is 7.21. The topological polar surface area (TPSA) is 54.5 Å². The van der Waals surface area contributed by atoms with Gasteiger partial charge in [0.15, 0.2) is 9.84 Å². The molecule has 1 aromatic carbocycles. The summed E-state index contributed by atoms with van der Waals surface area (Å²) >= 11 is 1.43. The van der Waals surface area contributed by atoms with Crippen molar-refractivity contribution in [1.29, 1.82) is 0 Å². The van der Waals surface area contributed by atoms with E-state index in [4.69, 9.17) is 0 Å². The molecule has 1 heterocycles. The number of sulfone groups is 1. The maximum absolute atomic E-state index is 14.2. The lowest BCUT2D eigenvalue weighted by Gasteiger charge is -2.26. The zero-order valence-corrected chi connectivity index (χ0v) is 15.1. The van der Waals surface area contributed by atoms with Gasteiger partial charge in [0, 0.05) is 18.8 Å². The average Bonchev–Trinajstić information content (AvgIpc) is 2.46. The van der Waals surface area contributed by atoms with Crippen molar-refractivity contribution in [3.63, 3.8) is 0 Å². The van der Waals surface area contributed by atoms with Crippen LogP contribution < -0.4 is 0 Å². The molecule has 1 aliphatic heterocycles. The number of thioether (sulfide) groups is 1. The van der Waals surface area contributed by atoms with Crippen LogP contribution in [0.1, 0.15) is 25.0 Å². The summed E-state index contributed by atoms with van der Waals surface area (Å²) in [6, 6.07) is 7.32. The molecular weight excluding hydrogens is 337 g/mol. The van der Waals surface area contributed by atoms with Crippen molar-refractivity contribution in [2.24, 2.45) is 0 Å². The lowest BCUT2D eigenvalue weighted by atomic mass is 9.96. The van der Waals surface area contributed by atoms with Crippen molar-refractivity contribution >= 4 is 27.5 Å². The highest BCUT2D eigenvalue weighted by Crippen LogP contribution is 2.29. The summed E-state index contributed by atoms with van der Waals surface area (Å²) in [5.74, 6) is 0.870. The lowest BCUT2D eigenvalue weighted by molar-refractivity contribution is -0.128. The van der Waals surface area contributed by atoms with E-state index in [2.05, 4.69) is 0 Å². The second-order valence-corrected chi connectivity index (χ2v) is 9.44. The van der Waals surface area contributed by atoms with Crippen LogP contribution in [0.4, 0.5) is 4.39 Å². The highest BCUT2D eigenvalue weighted by Gasteiger charge is 2.25. The fourth-order valence-corrected chi connectivity index (χ4v) is 4.66. The largest absolute Gasteiger partial charge is 0.340 e. The molecule has 1 aliphatic rings. The van der Waals surface area contributed by atoms with Crippen LogP contribution in [0.3, 0.4) is 0 Å². The number of hydrogen-bond acceptors (Lipinski definition) is 4. The second-order valence-electron chi connectivity index (χ2n) is 6.16. The number of rotatable bonds is 5. The summed E-state index contributed by atoms with van der Waals surface area (Å²) in [6.45, 7) is 3.59. The molecule has 7 heteroatoms. The summed E-state index contributed by atoms with van der Waals surface area (Å²) in [5, 5.41) is 0. The molecule has 0 bridgehead atoms. The quantitative estimate of drug-likeness (QED) is 0.810. The third-order valence-electron chi connectivity index (χ3n) is 3.84. The van der Waals surface area contributed by atoms with Gasteiger partial charge < -0.3 is 4.90 Å². The number of benzene rings is 1. The van der Waals surface area contributed by atoms with Crippen molar-refractivity contribution in [2.45, 2.75) is 25.3 Å². The van der Waals surface area contributed by atoms with Crippen LogP contribution in [0.25, 0.3) is 0 Å². The van der Waals surface area contributed by atoms with E-state index < -0.39 is 15.5 Å². The Morgan fingerprint density at radius 2 is 1.87 bits per heavy atom. The van der Waals surface area contributed by atoms with Crippen molar-refractivity contribution in [2.75, 3.05) is 30.3 Å². The van der Waals surface area contributed by atoms with E-state index in [0.717, 1.165) is 5.56 Å². The van der Waals surface area contributed by atoms with Crippen molar-refractivity contribution in [3.8, 4) is 0 Å². The summed E-state index contributed by atoms with van der Waals surface area (Å²) in [5.41, 5.74) is 0.116. The van der Waals surface area contributed by atoms with E-state index in [0.29, 0.717) is 11.3 Å². The van der Waals surface area contributed by atoms with Gasteiger partial charge in [-0.2, -0.15) is 0 Å². The predicted octanol–water partition coefficient (Wildman–Crippen LogP) is 2.38. The Hall–Kier alpha value is -1.08. The minimum atomic E-state index is -2.98. The van der Waals surface area contributed by atoms with Gasteiger partial charge in [0.05, 0.1) is 17.3 Å². The van der Waals surface area contributed by atoms with E-state index in [1.807, 2.05) is 18.2 Å². The first kappa shape index (κ1) is 18.3. The Balaban J connectivity index is 1.87. The molecule has 1 fully saturated rings. The molecule has 23 heavy (non-hydrogen) atoms. The highest BCUT2D eigenvalue weighted by atomic mass is 32.2. The zero-order valence-electron chi connectivity index (χ0n) is 13.4. The fraction of sp³-hybridized carbons (Fsp3) is 0.562. The third kappa shape index (κ3) is 5.21. The van der Waals surface area contributed by atoms with E-state index in [9.17, 15) is 17.6 Å². The molecule has 1 amide bonds. The molecule has 1 aromatic rings. The fourth-order valence-electron chi connectivity index (χ4n) is 2.53. The molecule has 0 aromatic heterocycles. The number of nitrogens with zero attached hydrogens (tertiary/aromatic N) is 1. The van der Waals surface area contributed by atoms with Gasteiger partial charge >= 0.3 is 0 Å². The third-order valence-corrected chi connectivity index (χ3v) is 6.41. The van der Waals surface area contributed by atoms with Crippen molar-refractivity contribution in [1.82, 2.24) is 4.90 Å². The summed E-state index contributed by atoms with van der Waals surface area (Å²) < 4.78 is 36.9.